The lowest BCUT2D eigenvalue weighted by Crippen LogP contribution is -2.32. The molecule has 0 heterocycles. The lowest BCUT2D eigenvalue weighted by Gasteiger charge is -2.35. The summed E-state index contributed by atoms with van der Waals surface area (Å²) in [5.41, 5.74) is 2.42. The third-order valence-corrected chi connectivity index (χ3v) is 4.66. The molecular weight excluding hydrogens is 237 g/mol. The highest BCUT2D eigenvalue weighted by molar-refractivity contribution is 5.27. The smallest absolute Gasteiger partial charge is 0.123 e. The minimum atomic E-state index is -0.120. The van der Waals surface area contributed by atoms with E-state index in [0.717, 1.165) is 36.3 Å². The van der Waals surface area contributed by atoms with Crippen LogP contribution in [0.15, 0.2) is 18.2 Å². The van der Waals surface area contributed by atoms with Crippen LogP contribution in [0.2, 0.25) is 0 Å². The van der Waals surface area contributed by atoms with Gasteiger partial charge >= 0.3 is 0 Å². The molecule has 1 nitrogen and oxygen atoms in total. The molecule has 1 fully saturated rings. The predicted octanol–water partition coefficient (Wildman–Crippen LogP) is 3.95. The minimum absolute atomic E-state index is 0.120. The second kappa shape index (κ2) is 6.51. The molecule has 106 valence electrons. The summed E-state index contributed by atoms with van der Waals surface area (Å²) >= 11 is 0. The van der Waals surface area contributed by atoms with Crippen molar-refractivity contribution in [2.75, 3.05) is 13.6 Å². The third-order valence-electron chi connectivity index (χ3n) is 4.66. The Hall–Kier alpha value is -0.890. The first-order chi connectivity index (χ1) is 9.10. The normalized spacial score (nSPS) is 27.5. The number of hydrogen-bond donors (Lipinski definition) is 1. The summed E-state index contributed by atoms with van der Waals surface area (Å²) in [4.78, 5) is 0. The van der Waals surface area contributed by atoms with Gasteiger partial charge in [-0.25, -0.2) is 4.39 Å². The Morgan fingerprint density at radius 2 is 2.05 bits per heavy atom. The SMILES string of the molecule is CNCC1CCC(C)CC1Cc1ccc(F)cc1C. The summed E-state index contributed by atoms with van der Waals surface area (Å²) in [7, 11) is 2.04. The number of benzene rings is 1. The van der Waals surface area contributed by atoms with Crippen molar-refractivity contribution < 1.29 is 4.39 Å². The van der Waals surface area contributed by atoms with Gasteiger partial charge in [-0.15, -0.1) is 0 Å². The van der Waals surface area contributed by atoms with Crippen molar-refractivity contribution in [3.05, 3.63) is 35.1 Å². The fraction of sp³-hybridized carbons (Fsp3) is 0.647. The molecule has 1 aliphatic rings. The zero-order valence-electron chi connectivity index (χ0n) is 12.4. The Morgan fingerprint density at radius 3 is 2.74 bits per heavy atom. The largest absolute Gasteiger partial charge is 0.319 e. The minimum Gasteiger partial charge on any atom is -0.319 e. The molecule has 3 unspecified atom stereocenters. The van der Waals surface area contributed by atoms with Gasteiger partial charge in [-0.1, -0.05) is 19.4 Å². The van der Waals surface area contributed by atoms with Crippen LogP contribution >= 0.6 is 0 Å². The van der Waals surface area contributed by atoms with Gasteiger partial charge in [0, 0.05) is 0 Å². The number of halogens is 1. The van der Waals surface area contributed by atoms with Crippen LogP contribution in [0.1, 0.15) is 37.3 Å². The van der Waals surface area contributed by atoms with Crippen LogP contribution in [0.4, 0.5) is 4.39 Å². The quantitative estimate of drug-likeness (QED) is 0.867. The van der Waals surface area contributed by atoms with Crippen LogP contribution in [0.25, 0.3) is 0 Å². The second-order valence-corrected chi connectivity index (χ2v) is 6.27. The van der Waals surface area contributed by atoms with Crippen molar-refractivity contribution in [2.45, 2.75) is 39.5 Å². The van der Waals surface area contributed by atoms with Gasteiger partial charge in [0.25, 0.3) is 0 Å². The van der Waals surface area contributed by atoms with Crippen molar-refractivity contribution >= 4 is 0 Å². The molecule has 0 aliphatic heterocycles. The van der Waals surface area contributed by atoms with Crippen LogP contribution in [0.3, 0.4) is 0 Å². The summed E-state index contributed by atoms with van der Waals surface area (Å²) in [5, 5.41) is 3.33. The molecule has 0 bridgehead atoms. The van der Waals surface area contributed by atoms with Gasteiger partial charge < -0.3 is 5.32 Å². The summed E-state index contributed by atoms with van der Waals surface area (Å²) in [6, 6.07) is 5.23. The lowest BCUT2D eigenvalue weighted by molar-refractivity contribution is 0.186. The topological polar surface area (TPSA) is 12.0 Å². The molecule has 0 aromatic heterocycles. The highest BCUT2D eigenvalue weighted by Gasteiger charge is 2.28. The first-order valence-corrected chi connectivity index (χ1v) is 7.49. The van der Waals surface area contributed by atoms with E-state index in [4.69, 9.17) is 0 Å². The van der Waals surface area contributed by atoms with Crippen molar-refractivity contribution in [3.8, 4) is 0 Å². The first kappa shape index (κ1) is 14.5. The highest BCUT2D eigenvalue weighted by Crippen LogP contribution is 2.36. The molecule has 1 N–H and O–H groups in total. The van der Waals surface area contributed by atoms with E-state index < -0.39 is 0 Å². The molecule has 19 heavy (non-hydrogen) atoms. The summed E-state index contributed by atoms with van der Waals surface area (Å²) in [5.74, 6) is 2.22. The van der Waals surface area contributed by atoms with Crippen LogP contribution < -0.4 is 5.32 Å². The number of nitrogens with one attached hydrogen (secondary N) is 1. The van der Waals surface area contributed by atoms with Crippen molar-refractivity contribution in [3.63, 3.8) is 0 Å². The average molecular weight is 263 g/mol. The van der Waals surface area contributed by atoms with E-state index in [-0.39, 0.29) is 5.82 Å². The second-order valence-electron chi connectivity index (χ2n) is 6.27. The maximum atomic E-state index is 13.2. The average Bonchev–Trinajstić information content (AvgIpc) is 2.36. The zero-order valence-corrected chi connectivity index (χ0v) is 12.4. The molecule has 0 saturated heterocycles. The fourth-order valence-corrected chi connectivity index (χ4v) is 3.51. The van der Waals surface area contributed by atoms with Gasteiger partial charge in [-0.2, -0.15) is 0 Å². The van der Waals surface area contributed by atoms with Gasteiger partial charge in [0.2, 0.25) is 0 Å². The third kappa shape index (κ3) is 3.79. The summed E-state index contributed by atoms with van der Waals surface area (Å²) in [6.45, 7) is 5.50. The molecule has 0 amide bonds. The lowest BCUT2D eigenvalue weighted by atomic mass is 9.72. The van der Waals surface area contributed by atoms with E-state index >= 15 is 0 Å². The van der Waals surface area contributed by atoms with Gasteiger partial charge in [0.15, 0.2) is 0 Å². The Bertz CT molecular complexity index is 416. The molecule has 0 radical (unpaired) electrons. The van der Waals surface area contributed by atoms with Gasteiger partial charge in [-0.3, -0.25) is 0 Å². The van der Waals surface area contributed by atoms with E-state index in [1.165, 1.54) is 24.8 Å². The molecule has 1 aromatic carbocycles. The molecule has 0 spiro atoms. The van der Waals surface area contributed by atoms with Crippen LogP contribution in [0.5, 0.6) is 0 Å². The molecular formula is C17H26FN. The maximum Gasteiger partial charge on any atom is 0.123 e. The van der Waals surface area contributed by atoms with Crippen LogP contribution in [-0.4, -0.2) is 13.6 Å². The summed E-state index contributed by atoms with van der Waals surface area (Å²) < 4.78 is 13.2. The number of rotatable bonds is 4. The Labute approximate surface area is 116 Å². The zero-order chi connectivity index (χ0) is 13.8. The van der Waals surface area contributed by atoms with E-state index in [9.17, 15) is 4.39 Å². The molecule has 2 heteroatoms. The number of hydrogen-bond acceptors (Lipinski definition) is 1. The summed E-state index contributed by atoms with van der Waals surface area (Å²) in [6.07, 6.45) is 5.09. The van der Waals surface area contributed by atoms with E-state index in [1.807, 2.05) is 20.0 Å². The fourth-order valence-electron chi connectivity index (χ4n) is 3.51. The molecule has 1 aliphatic carbocycles. The van der Waals surface area contributed by atoms with Gasteiger partial charge in [-0.05, 0) is 80.8 Å². The maximum absolute atomic E-state index is 13.2. The van der Waals surface area contributed by atoms with Crippen molar-refractivity contribution in [1.82, 2.24) is 5.32 Å². The molecule has 2 rings (SSSR count). The van der Waals surface area contributed by atoms with Crippen LogP contribution in [0, 0.1) is 30.5 Å². The predicted molar refractivity (Wildman–Crippen MR) is 78.8 cm³/mol. The van der Waals surface area contributed by atoms with Crippen LogP contribution in [-0.2, 0) is 6.42 Å². The molecule has 3 atom stereocenters. The Kier molecular flexibility index (Phi) is 4.98. The number of aryl methyl sites for hydroxylation is 1. The first-order valence-electron chi connectivity index (χ1n) is 7.49. The van der Waals surface area contributed by atoms with E-state index in [1.54, 1.807) is 12.1 Å². The standard InChI is InChI=1S/C17H26FN/c1-12-4-5-15(11-19-3)16(8-12)10-14-6-7-17(18)9-13(14)2/h6-7,9,12,15-16,19H,4-5,8,10-11H2,1-3H3. The van der Waals surface area contributed by atoms with Gasteiger partial charge in [0.1, 0.15) is 5.82 Å². The van der Waals surface area contributed by atoms with Crippen molar-refractivity contribution in [2.24, 2.45) is 17.8 Å². The van der Waals surface area contributed by atoms with Gasteiger partial charge in [0.05, 0.1) is 0 Å². The van der Waals surface area contributed by atoms with E-state index in [2.05, 4.69) is 12.2 Å². The Balaban J connectivity index is 2.09. The van der Waals surface area contributed by atoms with E-state index in [0.29, 0.717) is 0 Å². The molecule has 1 aromatic rings. The molecule has 1 saturated carbocycles. The Morgan fingerprint density at radius 1 is 1.26 bits per heavy atom. The monoisotopic (exact) mass is 263 g/mol. The highest BCUT2D eigenvalue weighted by atomic mass is 19.1. The van der Waals surface area contributed by atoms with Crippen molar-refractivity contribution in [1.29, 1.82) is 0 Å².